The van der Waals surface area contributed by atoms with E-state index < -0.39 is 0 Å². The normalized spacial score (nSPS) is 11.4. The van der Waals surface area contributed by atoms with Gasteiger partial charge in [-0.2, -0.15) is 0 Å². The van der Waals surface area contributed by atoms with Gasteiger partial charge >= 0.3 is 0 Å². The quantitative estimate of drug-likeness (QED) is 0.215. The van der Waals surface area contributed by atoms with Gasteiger partial charge in [-0.25, -0.2) is 0 Å². The van der Waals surface area contributed by atoms with E-state index >= 15 is 0 Å². The predicted molar refractivity (Wildman–Crippen MR) is 137 cm³/mol. The molecule has 0 aliphatic rings. The van der Waals surface area contributed by atoms with Crippen LogP contribution < -0.4 is 0 Å². The third-order valence-corrected chi connectivity index (χ3v) is 6.70. The number of benzene rings is 2. The van der Waals surface area contributed by atoms with Crippen LogP contribution in [0.1, 0.15) is 128 Å². The molecule has 0 amide bonds. The average molecular weight is 409 g/mol. The maximum Gasteiger partial charge on any atom is -0.0149 e. The molecular weight excluding hydrogens is 360 g/mol. The van der Waals surface area contributed by atoms with Crippen molar-refractivity contribution in [2.75, 3.05) is 0 Å². The molecule has 0 aliphatic carbocycles. The van der Waals surface area contributed by atoms with Crippen molar-refractivity contribution in [1.82, 2.24) is 0 Å². The Morgan fingerprint density at radius 1 is 0.400 bits per heavy atom. The summed E-state index contributed by atoms with van der Waals surface area (Å²) in [5.41, 5.74) is 3.13. The minimum Gasteiger partial charge on any atom is -0.0654 e. The molecule has 2 aromatic carbocycles. The highest BCUT2D eigenvalue weighted by molar-refractivity contribution is 5.88. The summed E-state index contributed by atoms with van der Waals surface area (Å²) in [6.45, 7) is 4.59. The van der Waals surface area contributed by atoms with Crippen LogP contribution in [0, 0.1) is 0 Å². The fourth-order valence-electron chi connectivity index (χ4n) is 4.76. The molecule has 0 unspecified atom stereocenters. The van der Waals surface area contributed by atoms with E-state index in [2.05, 4.69) is 50.2 Å². The van der Waals surface area contributed by atoms with Crippen LogP contribution in [0.4, 0.5) is 0 Å². The third kappa shape index (κ3) is 9.67. The summed E-state index contributed by atoms with van der Waals surface area (Å²) in [6.07, 6.45) is 24.9. The van der Waals surface area contributed by atoms with Crippen molar-refractivity contribution in [3.63, 3.8) is 0 Å². The van der Waals surface area contributed by atoms with Crippen molar-refractivity contribution in [1.29, 1.82) is 0 Å². The number of unbranched alkanes of at least 4 members (excludes halogenated alkanes) is 14. The van der Waals surface area contributed by atoms with Gasteiger partial charge < -0.3 is 0 Å². The van der Waals surface area contributed by atoms with E-state index in [-0.39, 0.29) is 0 Å². The Morgan fingerprint density at radius 3 is 1.10 bits per heavy atom. The second-order valence-electron chi connectivity index (χ2n) is 9.38. The molecule has 0 saturated heterocycles. The largest absolute Gasteiger partial charge is 0.0654 e. The molecule has 0 atom stereocenters. The monoisotopic (exact) mass is 408 g/mol. The predicted octanol–water partition coefficient (Wildman–Crippen LogP) is 10.2. The smallest absolute Gasteiger partial charge is 0.0149 e. The van der Waals surface area contributed by atoms with Gasteiger partial charge in [-0.3, -0.25) is 0 Å². The molecule has 30 heavy (non-hydrogen) atoms. The second-order valence-corrected chi connectivity index (χ2v) is 9.38. The molecule has 0 radical (unpaired) electrons. The molecule has 168 valence electrons. The van der Waals surface area contributed by atoms with Gasteiger partial charge in [-0.15, -0.1) is 0 Å². The number of aryl methyl sites for hydroxylation is 2. The topological polar surface area (TPSA) is 0 Å². The van der Waals surface area contributed by atoms with E-state index in [0.717, 1.165) is 0 Å². The fraction of sp³-hybridized carbons (Fsp3) is 0.667. The molecule has 0 aromatic heterocycles. The van der Waals surface area contributed by atoms with E-state index in [1.54, 1.807) is 11.1 Å². The van der Waals surface area contributed by atoms with E-state index in [1.807, 2.05) is 0 Å². The second kappa shape index (κ2) is 16.4. The van der Waals surface area contributed by atoms with Crippen LogP contribution in [0.25, 0.3) is 10.8 Å². The highest BCUT2D eigenvalue weighted by Gasteiger charge is 2.06. The lowest BCUT2D eigenvalue weighted by molar-refractivity contribution is 0.556. The molecule has 0 heteroatoms. The molecular formula is C30H48. The van der Waals surface area contributed by atoms with Gasteiger partial charge in [-0.1, -0.05) is 140 Å². The Balaban J connectivity index is 1.72. The zero-order chi connectivity index (χ0) is 21.3. The first kappa shape index (κ1) is 25.0. The fourth-order valence-corrected chi connectivity index (χ4v) is 4.76. The molecule has 0 bridgehead atoms. The minimum absolute atomic E-state index is 1.24. The van der Waals surface area contributed by atoms with Crippen LogP contribution in [-0.4, -0.2) is 0 Å². The van der Waals surface area contributed by atoms with Crippen LogP contribution >= 0.6 is 0 Å². The molecule has 0 N–H and O–H groups in total. The van der Waals surface area contributed by atoms with Gasteiger partial charge in [0, 0.05) is 0 Å². The van der Waals surface area contributed by atoms with E-state index in [0.29, 0.717) is 0 Å². The van der Waals surface area contributed by atoms with Crippen molar-refractivity contribution in [3.8, 4) is 0 Å². The Kier molecular flexibility index (Phi) is 13.6. The van der Waals surface area contributed by atoms with Crippen molar-refractivity contribution >= 4 is 10.8 Å². The first-order valence-electron chi connectivity index (χ1n) is 13.4. The zero-order valence-corrected chi connectivity index (χ0v) is 20.2. The van der Waals surface area contributed by atoms with Gasteiger partial charge in [0.15, 0.2) is 0 Å². The average Bonchev–Trinajstić information content (AvgIpc) is 2.78. The first-order chi connectivity index (χ1) is 14.9. The highest BCUT2D eigenvalue weighted by Crippen LogP contribution is 2.26. The van der Waals surface area contributed by atoms with Crippen molar-refractivity contribution < 1.29 is 0 Å². The van der Waals surface area contributed by atoms with E-state index in [9.17, 15) is 0 Å². The van der Waals surface area contributed by atoms with Crippen LogP contribution in [0.5, 0.6) is 0 Å². The molecule has 0 saturated carbocycles. The van der Waals surface area contributed by atoms with E-state index in [4.69, 9.17) is 0 Å². The van der Waals surface area contributed by atoms with E-state index in [1.165, 1.54) is 126 Å². The summed E-state index contributed by atoms with van der Waals surface area (Å²) < 4.78 is 0. The van der Waals surface area contributed by atoms with Crippen molar-refractivity contribution in [3.05, 3.63) is 47.5 Å². The Bertz CT molecular complexity index is 669. The zero-order valence-electron chi connectivity index (χ0n) is 20.2. The third-order valence-electron chi connectivity index (χ3n) is 6.70. The Hall–Kier alpha value is -1.30. The number of rotatable bonds is 18. The lowest BCUT2D eigenvalue weighted by Crippen LogP contribution is -1.94. The Labute approximate surface area is 187 Å². The van der Waals surface area contributed by atoms with Gasteiger partial charge in [0.05, 0.1) is 0 Å². The summed E-state index contributed by atoms with van der Waals surface area (Å²) in [5, 5.41) is 3.02. The van der Waals surface area contributed by atoms with Gasteiger partial charge in [-0.05, 0) is 47.6 Å². The SMILES string of the molecule is CCCCCCCCCCCCc1ccc(CCCCCCCC)c2ccccc12. The summed E-state index contributed by atoms with van der Waals surface area (Å²) in [5.74, 6) is 0. The van der Waals surface area contributed by atoms with Crippen LogP contribution in [0.15, 0.2) is 36.4 Å². The molecule has 0 heterocycles. The summed E-state index contributed by atoms with van der Waals surface area (Å²) >= 11 is 0. The number of fused-ring (bicyclic) bond motifs is 1. The van der Waals surface area contributed by atoms with Gasteiger partial charge in [0.1, 0.15) is 0 Å². The molecule has 0 nitrogen and oxygen atoms in total. The summed E-state index contributed by atoms with van der Waals surface area (Å²) in [6, 6.07) is 14.0. The highest BCUT2D eigenvalue weighted by atomic mass is 14.1. The van der Waals surface area contributed by atoms with Crippen molar-refractivity contribution in [2.24, 2.45) is 0 Å². The lowest BCUT2D eigenvalue weighted by atomic mass is 9.93. The number of hydrogen-bond donors (Lipinski definition) is 0. The molecule has 0 fully saturated rings. The minimum atomic E-state index is 1.24. The van der Waals surface area contributed by atoms with Gasteiger partial charge in [0.2, 0.25) is 0 Å². The first-order valence-corrected chi connectivity index (χ1v) is 13.4. The summed E-state index contributed by atoms with van der Waals surface area (Å²) in [7, 11) is 0. The molecule has 2 rings (SSSR count). The lowest BCUT2D eigenvalue weighted by Gasteiger charge is -2.12. The Morgan fingerprint density at radius 2 is 0.733 bits per heavy atom. The molecule has 0 spiro atoms. The van der Waals surface area contributed by atoms with Crippen LogP contribution in [0.2, 0.25) is 0 Å². The molecule has 0 aliphatic heterocycles. The van der Waals surface area contributed by atoms with Gasteiger partial charge in [0.25, 0.3) is 0 Å². The molecule has 2 aromatic rings. The number of hydrogen-bond acceptors (Lipinski definition) is 0. The van der Waals surface area contributed by atoms with Crippen LogP contribution in [0.3, 0.4) is 0 Å². The summed E-state index contributed by atoms with van der Waals surface area (Å²) in [4.78, 5) is 0. The maximum atomic E-state index is 2.43. The van der Waals surface area contributed by atoms with Crippen LogP contribution in [-0.2, 0) is 12.8 Å². The standard InChI is InChI=1S/C30H48/c1-3-5-7-9-11-12-13-14-16-18-22-28-26-25-27(21-17-15-10-8-6-4-2)29-23-19-20-24-30(28)29/h19-20,23-26H,3-18,21-22H2,1-2H3. The maximum absolute atomic E-state index is 2.43. The van der Waals surface area contributed by atoms with Crippen molar-refractivity contribution in [2.45, 2.75) is 129 Å².